The van der Waals surface area contributed by atoms with Gasteiger partial charge in [-0.3, -0.25) is 0 Å². The van der Waals surface area contributed by atoms with Gasteiger partial charge in [0.25, 0.3) is 0 Å². The molecule has 3 aliphatic rings. The van der Waals surface area contributed by atoms with E-state index in [4.69, 9.17) is 35.5 Å². The van der Waals surface area contributed by atoms with E-state index in [1.54, 1.807) is 13.2 Å². The number of hydrogen-bond donors (Lipinski definition) is 2. The molecule has 34 heavy (non-hydrogen) atoms. The Morgan fingerprint density at radius 2 is 1.97 bits per heavy atom. The molecule has 9 heteroatoms. The van der Waals surface area contributed by atoms with E-state index in [0.29, 0.717) is 33.2 Å². The molecule has 3 aromatic rings. The van der Waals surface area contributed by atoms with Gasteiger partial charge in [0.1, 0.15) is 35.5 Å². The highest BCUT2D eigenvalue weighted by Gasteiger charge is 2.48. The van der Waals surface area contributed by atoms with Crippen LogP contribution in [-0.4, -0.2) is 59.8 Å². The number of ether oxygens (including phenoxy) is 4. The third-order valence-electron chi connectivity index (χ3n) is 7.29. The van der Waals surface area contributed by atoms with Crippen LogP contribution in [0.25, 0.3) is 22.3 Å². The Labute approximate surface area is 201 Å². The molecule has 3 fully saturated rings. The first-order chi connectivity index (χ1) is 16.5. The molecule has 0 amide bonds. The second kappa shape index (κ2) is 8.22. The number of pyridine rings is 1. The second-order valence-electron chi connectivity index (χ2n) is 9.10. The van der Waals surface area contributed by atoms with E-state index in [-0.39, 0.29) is 24.9 Å². The highest BCUT2D eigenvalue weighted by atomic mass is 35.5. The van der Waals surface area contributed by atoms with Crippen LogP contribution < -0.4 is 4.74 Å². The van der Waals surface area contributed by atoms with Gasteiger partial charge in [0.15, 0.2) is 6.10 Å². The van der Waals surface area contributed by atoms with Crippen molar-refractivity contribution in [2.24, 2.45) is 0 Å². The lowest BCUT2D eigenvalue weighted by Gasteiger charge is -2.41. The number of fused-ring (bicyclic) bond motifs is 2. The summed E-state index contributed by atoms with van der Waals surface area (Å²) in [6, 6.07) is 12.1. The Morgan fingerprint density at radius 3 is 2.65 bits per heavy atom. The van der Waals surface area contributed by atoms with Crippen LogP contribution in [0.4, 0.5) is 0 Å². The summed E-state index contributed by atoms with van der Waals surface area (Å²) in [4.78, 5) is 7.86. The van der Waals surface area contributed by atoms with Crippen molar-refractivity contribution >= 4 is 22.6 Å². The van der Waals surface area contributed by atoms with Gasteiger partial charge < -0.3 is 29.0 Å². The first-order valence-electron chi connectivity index (χ1n) is 11.4. The zero-order valence-electron chi connectivity index (χ0n) is 18.6. The Morgan fingerprint density at radius 1 is 1.21 bits per heavy atom. The van der Waals surface area contributed by atoms with E-state index < -0.39 is 18.3 Å². The fourth-order valence-electron chi connectivity index (χ4n) is 5.20. The van der Waals surface area contributed by atoms with Crippen molar-refractivity contribution < 1.29 is 24.1 Å². The van der Waals surface area contributed by atoms with Crippen LogP contribution in [0.1, 0.15) is 30.4 Å². The van der Waals surface area contributed by atoms with Gasteiger partial charge in [0, 0.05) is 12.7 Å². The van der Waals surface area contributed by atoms with E-state index in [0.717, 1.165) is 30.4 Å². The molecule has 0 unspecified atom stereocenters. The smallest absolute Gasteiger partial charge is 0.212 e. The predicted molar refractivity (Wildman–Crippen MR) is 124 cm³/mol. The van der Waals surface area contributed by atoms with Crippen LogP contribution in [-0.2, 0) is 19.8 Å². The normalized spacial score (nSPS) is 27.4. The van der Waals surface area contributed by atoms with Crippen molar-refractivity contribution in [1.82, 2.24) is 9.97 Å². The van der Waals surface area contributed by atoms with E-state index in [2.05, 4.69) is 23.2 Å². The molecule has 6 rings (SSSR count). The van der Waals surface area contributed by atoms with Gasteiger partial charge in [0.2, 0.25) is 5.88 Å². The SMILES string of the molecule is COC1(c2ccc(-c3nc4c(C#N)c(O[C@@H]5CO[C@H]6[C@@H]5OC[C@H]6O)[nH]c4cc3Cl)cc2)CCC1. The molecule has 8 nitrogen and oxygen atoms in total. The van der Waals surface area contributed by atoms with Crippen molar-refractivity contribution in [1.29, 1.82) is 5.26 Å². The number of nitrogens with one attached hydrogen (secondary N) is 1. The summed E-state index contributed by atoms with van der Waals surface area (Å²) in [5.41, 5.74) is 3.78. The van der Waals surface area contributed by atoms with Gasteiger partial charge in [-0.15, -0.1) is 0 Å². The molecule has 1 aliphatic carbocycles. The molecule has 1 saturated carbocycles. The van der Waals surface area contributed by atoms with Crippen molar-refractivity contribution in [2.45, 2.75) is 49.3 Å². The number of benzene rings is 1. The van der Waals surface area contributed by atoms with Crippen LogP contribution in [0.2, 0.25) is 5.02 Å². The average molecular weight is 482 g/mol. The minimum absolute atomic E-state index is 0.192. The Hall–Kier alpha value is -2.67. The van der Waals surface area contributed by atoms with Crippen LogP contribution in [0.5, 0.6) is 5.88 Å². The number of aromatic amines is 1. The minimum Gasteiger partial charge on any atom is -0.469 e. The number of nitrogens with zero attached hydrogens (tertiary/aromatic N) is 2. The number of H-pyrrole nitrogens is 1. The standard InChI is InChI=1S/C25H24ClN3O5/c1-31-25(7-2-8-25)14-5-3-13(4-6-14)20-16(26)9-17-21(29-20)15(10-27)24(28-17)34-19-12-33-22-18(30)11-32-23(19)22/h3-6,9,18-19,22-23,28,30H,2,7-8,11-12H2,1H3/t18-,19-,22-,23-/m1/s1. The third-order valence-corrected chi connectivity index (χ3v) is 7.58. The monoisotopic (exact) mass is 481 g/mol. The summed E-state index contributed by atoms with van der Waals surface area (Å²) in [7, 11) is 1.76. The van der Waals surface area contributed by atoms with Gasteiger partial charge in [-0.25, -0.2) is 4.98 Å². The van der Waals surface area contributed by atoms with E-state index in [9.17, 15) is 10.4 Å². The van der Waals surface area contributed by atoms with Gasteiger partial charge in [-0.05, 0) is 30.9 Å². The Kier molecular flexibility index (Phi) is 5.28. The lowest BCUT2D eigenvalue weighted by atomic mass is 9.74. The van der Waals surface area contributed by atoms with E-state index in [1.165, 1.54) is 0 Å². The Balaban J connectivity index is 1.32. The second-order valence-corrected chi connectivity index (χ2v) is 9.51. The molecular formula is C25H24ClN3O5. The molecule has 0 bridgehead atoms. The van der Waals surface area contributed by atoms with Crippen LogP contribution in [0, 0.1) is 11.3 Å². The number of aliphatic hydroxyl groups is 1. The van der Waals surface area contributed by atoms with Crippen LogP contribution >= 0.6 is 11.6 Å². The van der Waals surface area contributed by atoms with E-state index in [1.807, 2.05) is 12.1 Å². The summed E-state index contributed by atoms with van der Waals surface area (Å²) in [6.45, 7) is 0.471. The summed E-state index contributed by atoms with van der Waals surface area (Å²) in [5, 5.41) is 20.3. The van der Waals surface area contributed by atoms with Crippen molar-refractivity contribution in [3.63, 3.8) is 0 Å². The molecule has 2 N–H and O–H groups in total. The maximum Gasteiger partial charge on any atom is 0.212 e. The first-order valence-corrected chi connectivity index (χ1v) is 11.8. The fourth-order valence-corrected chi connectivity index (χ4v) is 5.46. The number of nitriles is 1. The van der Waals surface area contributed by atoms with Crippen LogP contribution in [0.15, 0.2) is 30.3 Å². The largest absolute Gasteiger partial charge is 0.469 e. The molecule has 0 spiro atoms. The third kappa shape index (κ3) is 3.31. The molecule has 2 aliphatic heterocycles. The number of halogens is 1. The van der Waals surface area contributed by atoms with Gasteiger partial charge in [-0.2, -0.15) is 5.26 Å². The predicted octanol–water partition coefficient (Wildman–Crippen LogP) is 3.69. The van der Waals surface area contributed by atoms with Crippen molar-refractivity contribution in [2.75, 3.05) is 20.3 Å². The molecule has 2 saturated heterocycles. The highest BCUT2D eigenvalue weighted by Crippen LogP contribution is 2.45. The zero-order chi connectivity index (χ0) is 23.4. The average Bonchev–Trinajstić information content (AvgIpc) is 3.48. The lowest BCUT2D eigenvalue weighted by molar-refractivity contribution is -0.0778. The Bertz CT molecular complexity index is 1270. The first kappa shape index (κ1) is 21.8. The molecule has 1 aromatic carbocycles. The highest BCUT2D eigenvalue weighted by molar-refractivity contribution is 6.33. The van der Waals surface area contributed by atoms with Gasteiger partial charge in [-0.1, -0.05) is 35.9 Å². The molecule has 4 heterocycles. The van der Waals surface area contributed by atoms with Gasteiger partial charge >= 0.3 is 0 Å². The number of rotatable bonds is 5. The molecule has 2 aromatic heterocycles. The number of hydrogen-bond acceptors (Lipinski definition) is 7. The minimum atomic E-state index is -0.672. The number of aliphatic hydroxyl groups excluding tert-OH is 1. The summed E-state index contributed by atoms with van der Waals surface area (Å²) in [5.74, 6) is 0.292. The molecular weight excluding hydrogens is 458 g/mol. The summed E-state index contributed by atoms with van der Waals surface area (Å²) in [6.07, 6.45) is 1.28. The lowest BCUT2D eigenvalue weighted by Crippen LogP contribution is -2.35. The zero-order valence-corrected chi connectivity index (χ0v) is 19.3. The van der Waals surface area contributed by atoms with Crippen LogP contribution in [0.3, 0.4) is 0 Å². The quantitative estimate of drug-likeness (QED) is 0.572. The maximum atomic E-state index is 9.96. The van der Waals surface area contributed by atoms with Gasteiger partial charge in [0.05, 0.1) is 35.0 Å². The van der Waals surface area contributed by atoms with Crippen molar-refractivity contribution in [3.8, 4) is 23.2 Å². The van der Waals surface area contributed by atoms with Crippen molar-refractivity contribution in [3.05, 3.63) is 46.5 Å². The molecule has 4 atom stereocenters. The summed E-state index contributed by atoms with van der Waals surface area (Å²) < 4.78 is 23.1. The summed E-state index contributed by atoms with van der Waals surface area (Å²) >= 11 is 6.60. The van der Waals surface area contributed by atoms with E-state index >= 15 is 0 Å². The number of methoxy groups -OCH3 is 1. The number of aromatic nitrogens is 2. The fraction of sp³-hybridized carbons (Fsp3) is 0.440. The molecule has 176 valence electrons. The molecule has 0 radical (unpaired) electrons. The topological polar surface area (TPSA) is 110 Å². The maximum absolute atomic E-state index is 9.96.